The molecule has 0 fully saturated rings. The molecule has 0 unspecified atom stereocenters. The molecule has 6 heteroatoms. The van der Waals surface area contributed by atoms with Gasteiger partial charge >= 0.3 is 0 Å². The van der Waals surface area contributed by atoms with Gasteiger partial charge in [0.2, 0.25) is 5.91 Å². The summed E-state index contributed by atoms with van der Waals surface area (Å²) in [5.74, 6) is -0.305. The van der Waals surface area contributed by atoms with Gasteiger partial charge in [-0.1, -0.05) is 6.07 Å². The number of anilines is 2. The fourth-order valence-electron chi connectivity index (χ4n) is 1.94. The molecule has 0 aliphatic heterocycles. The Bertz CT molecular complexity index is 642. The molecular formula is C15H18FN3OS. The fourth-order valence-corrected chi connectivity index (χ4v) is 2.88. The highest BCUT2D eigenvalue weighted by atomic mass is 32.1. The van der Waals surface area contributed by atoms with Gasteiger partial charge in [0.1, 0.15) is 5.82 Å². The number of thiazole rings is 1. The Labute approximate surface area is 127 Å². The monoisotopic (exact) mass is 307 g/mol. The maximum Gasteiger partial charge on any atom is 0.225 e. The molecule has 1 aromatic carbocycles. The summed E-state index contributed by atoms with van der Waals surface area (Å²) in [6.07, 6.45) is 0. The molecule has 1 heterocycles. The van der Waals surface area contributed by atoms with E-state index >= 15 is 0 Å². The Kier molecular flexibility index (Phi) is 4.90. The molecule has 0 atom stereocenters. The van der Waals surface area contributed by atoms with Gasteiger partial charge in [-0.2, -0.15) is 0 Å². The van der Waals surface area contributed by atoms with Gasteiger partial charge in [-0.15, -0.1) is 11.3 Å². The van der Waals surface area contributed by atoms with Crippen LogP contribution in [0, 0.1) is 12.7 Å². The molecule has 0 saturated carbocycles. The third kappa shape index (κ3) is 3.78. The molecule has 21 heavy (non-hydrogen) atoms. The predicted molar refractivity (Wildman–Crippen MR) is 84.3 cm³/mol. The summed E-state index contributed by atoms with van der Waals surface area (Å²) < 4.78 is 13.7. The van der Waals surface area contributed by atoms with Crippen LogP contribution in [-0.4, -0.2) is 17.4 Å². The summed E-state index contributed by atoms with van der Waals surface area (Å²) in [5.41, 5.74) is 2.12. The molecule has 0 spiro atoms. The molecule has 0 radical (unpaired) electrons. The van der Waals surface area contributed by atoms with Crippen LogP contribution in [0.1, 0.15) is 25.1 Å². The summed E-state index contributed by atoms with van der Waals surface area (Å²) in [6.45, 7) is 6.28. The van der Waals surface area contributed by atoms with Crippen LogP contribution in [0.15, 0.2) is 23.6 Å². The zero-order valence-electron chi connectivity index (χ0n) is 12.3. The normalized spacial score (nSPS) is 10.5. The maximum atomic E-state index is 13.7. The molecule has 1 amide bonds. The maximum absolute atomic E-state index is 13.7. The molecule has 0 bridgehead atoms. The summed E-state index contributed by atoms with van der Waals surface area (Å²) in [5, 5.41) is 5.57. The van der Waals surface area contributed by atoms with Gasteiger partial charge < -0.3 is 5.32 Å². The highest BCUT2D eigenvalue weighted by molar-refractivity contribution is 7.14. The summed E-state index contributed by atoms with van der Waals surface area (Å²) in [4.78, 5) is 17.5. The number of aromatic nitrogens is 1. The number of hydrogen-bond donors (Lipinski definition) is 1. The second-order valence-electron chi connectivity index (χ2n) is 4.72. The number of amides is 1. The first kappa shape index (κ1) is 15.4. The second kappa shape index (κ2) is 6.67. The van der Waals surface area contributed by atoms with E-state index in [9.17, 15) is 9.18 Å². The van der Waals surface area contributed by atoms with Gasteiger partial charge in [0.15, 0.2) is 5.13 Å². The van der Waals surface area contributed by atoms with Crippen LogP contribution in [0.5, 0.6) is 0 Å². The number of hydrogen-bond acceptors (Lipinski definition) is 4. The standard InChI is InChI=1S/C15H18FN3OS/c1-4-19(11(3)20)15-18-12(9-21-15)8-17-14-6-5-10(2)7-13(14)16/h5-7,9,17H,4,8H2,1-3H3. The lowest BCUT2D eigenvalue weighted by Crippen LogP contribution is -2.27. The molecule has 4 nitrogen and oxygen atoms in total. The molecule has 2 rings (SSSR count). The van der Waals surface area contributed by atoms with Crippen LogP contribution in [0.2, 0.25) is 0 Å². The van der Waals surface area contributed by atoms with Gasteiger partial charge in [0.25, 0.3) is 0 Å². The zero-order chi connectivity index (χ0) is 15.4. The van der Waals surface area contributed by atoms with Crippen LogP contribution in [-0.2, 0) is 11.3 Å². The third-order valence-electron chi connectivity index (χ3n) is 3.05. The van der Waals surface area contributed by atoms with Crippen LogP contribution in [0.3, 0.4) is 0 Å². The Balaban J connectivity index is 2.04. The molecule has 1 N–H and O–H groups in total. The molecule has 0 aliphatic carbocycles. The molecule has 112 valence electrons. The summed E-state index contributed by atoms with van der Waals surface area (Å²) in [7, 11) is 0. The number of nitrogens with zero attached hydrogens (tertiary/aromatic N) is 2. The van der Waals surface area contributed by atoms with E-state index in [1.165, 1.54) is 24.3 Å². The number of carbonyl (C=O) groups excluding carboxylic acids is 1. The van der Waals surface area contributed by atoms with Crippen molar-refractivity contribution in [3.63, 3.8) is 0 Å². The van der Waals surface area contributed by atoms with Gasteiger partial charge in [-0.3, -0.25) is 9.69 Å². The number of halogens is 1. The Hall–Kier alpha value is -1.95. The van der Waals surface area contributed by atoms with Crippen molar-refractivity contribution < 1.29 is 9.18 Å². The van der Waals surface area contributed by atoms with Gasteiger partial charge in [-0.25, -0.2) is 9.37 Å². The average Bonchev–Trinajstić information content (AvgIpc) is 2.87. The second-order valence-corrected chi connectivity index (χ2v) is 5.56. The summed E-state index contributed by atoms with van der Waals surface area (Å²) in [6, 6.07) is 5.06. The van der Waals surface area contributed by atoms with E-state index in [1.54, 1.807) is 11.0 Å². The quantitative estimate of drug-likeness (QED) is 0.918. The minimum Gasteiger partial charge on any atom is -0.377 e. The number of benzene rings is 1. The van der Waals surface area contributed by atoms with Gasteiger partial charge in [-0.05, 0) is 31.5 Å². The number of rotatable bonds is 5. The Morgan fingerprint density at radius 3 is 2.86 bits per heavy atom. The van der Waals surface area contributed by atoms with E-state index in [0.717, 1.165) is 11.3 Å². The zero-order valence-corrected chi connectivity index (χ0v) is 13.1. The lowest BCUT2D eigenvalue weighted by Gasteiger charge is -2.14. The van der Waals surface area contributed by atoms with Crippen molar-refractivity contribution in [3.05, 3.63) is 40.7 Å². The number of carbonyl (C=O) groups is 1. The number of nitrogens with one attached hydrogen (secondary N) is 1. The molecular weight excluding hydrogens is 289 g/mol. The van der Waals surface area contributed by atoms with E-state index < -0.39 is 0 Å². The van der Waals surface area contributed by atoms with E-state index in [-0.39, 0.29) is 11.7 Å². The Morgan fingerprint density at radius 2 is 2.24 bits per heavy atom. The van der Waals surface area contributed by atoms with Crippen molar-refractivity contribution in [1.29, 1.82) is 0 Å². The first-order chi connectivity index (χ1) is 10.0. The minimum atomic E-state index is -0.274. The average molecular weight is 307 g/mol. The van der Waals surface area contributed by atoms with Crippen molar-refractivity contribution in [1.82, 2.24) is 4.98 Å². The van der Waals surface area contributed by atoms with Crippen molar-refractivity contribution >= 4 is 28.1 Å². The van der Waals surface area contributed by atoms with E-state index in [4.69, 9.17) is 0 Å². The van der Waals surface area contributed by atoms with Gasteiger partial charge in [0.05, 0.1) is 17.9 Å². The van der Waals surface area contributed by atoms with E-state index in [0.29, 0.717) is 23.9 Å². The van der Waals surface area contributed by atoms with Crippen LogP contribution in [0.25, 0.3) is 0 Å². The fraction of sp³-hybridized carbons (Fsp3) is 0.333. The van der Waals surface area contributed by atoms with Crippen molar-refractivity contribution in [2.45, 2.75) is 27.3 Å². The SMILES string of the molecule is CCN(C(C)=O)c1nc(CNc2ccc(C)cc2F)cs1. The smallest absolute Gasteiger partial charge is 0.225 e. The third-order valence-corrected chi connectivity index (χ3v) is 3.96. The van der Waals surface area contributed by atoms with Crippen LogP contribution >= 0.6 is 11.3 Å². The minimum absolute atomic E-state index is 0.0315. The van der Waals surface area contributed by atoms with Crippen molar-refractivity contribution in [2.75, 3.05) is 16.8 Å². The van der Waals surface area contributed by atoms with E-state index in [2.05, 4.69) is 10.3 Å². The largest absolute Gasteiger partial charge is 0.377 e. The van der Waals surface area contributed by atoms with E-state index in [1.807, 2.05) is 25.3 Å². The highest BCUT2D eigenvalue weighted by Crippen LogP contribution is 2.22. The highest BCUT2D eigenvalue weighted by Gasteiger charge is 2.13. The lowest BCUT2D eigenvalue weighted by molar-refractivity contribution is -0.116. The predicted octanol–water partition coefficient (Wildman–Crippen LogP) is 3.58. The van der Waals surface area contributed by atoms with Crippen molar-refractivity contribution in [2.24, 2.45) is 0 Å². The molecule has 0 aliphatic rings. The topological polar surface area (TPSA) is 45.2 Å². The lowest BCUT2D eigenvalue weighted by atomic mass is 10.2. The summed E-state index contributed by atoms with van der Waals surface area (Å²) >= 11 is 1.41. The first-order valence-electron chi connectivity index (χ1n) is 6.73. The number of aryl methyl sites for hydroxylation is 1. The molecule has 2 aromatic rings. The van der Waals surface area contributed by atoms with Crippen LogP contribution < -0.4 is 10.2 Å². The van der Waals surface area contributed by atoms with Crippen molar-refractivity contribution in [3.8, 4) is 0 Å². The molecule has 1 aromatic heterocycles. The van der Waals surface area contributed by atoms with Crippen LogP contribution in [0.4, 0.5) is 15.2 Å². The Morgan fingerprint density at radius 1 is 1.48 bits per heavy atom. The van der Waals surface area contributed by atoms with Gasteiger partial charge in [0, 0.05) is 18.8 Å². The molecule has 0 saturated heterocycles. The first-order valence-corrected chi connectivity index (χ1v) is 7.61.